The predicted molar refractivity (Wildman–Crippen MR) is 103 cm³/mol. The maximum Gasteiger partial charge on any atom is 0.251 e. The van der Waals surface area contributed by atoms with E-state index in [9.17, 15) is 9.00 Å². The summed E-state index contributed by atoms with van der Waals surface area (Å²) in [6, 6.07) is 16.5. The molecule has 26 heavy (non-hydrogen) atoms. The molecule has 0 saturated heterocycles. The summed E-state index contributed by atoms with van der Waals surface area (Å²) in [5.41, 5.74) is 2.51. The van der Waals surface area contributed by atoms with E-state index in [-0.39, 0.29) is 11.9 Å². The molecule has 3 aromatic rings. The predicted octanol–water partition coefficient (Wildman–Crippen LogP) is 3.70. The summed E-state index contributed by atoms with van der Waals surface area (Å²) < 4.78 is 11.5. The Bertz CT molecular complexity index is 904. The highest BCUT2D eigenvalue weighted by Crippen LogP contribution is 2.21. The van der Waals surface area contributed by atoms with E-state index in [1.54, 1.807) is 36.7 Å². The van der Waals surface area contributed by atoms with Crippen LogP contribution in [0, 0.1) is 0 Å². The molecular weight excluding hydrogens is 346 g/mol. The van der Waals surface area contributed by atoms with Gasteiger partial charge in [-0.2, -0.15) is 0 Å². The summed E-state index contributed by atoms with van der Waals surface area (Å²) in [5, 5.41) is 3.00. The van der Waals surface area contributed by atoms with Gasteiger partial charge in [0.15, 0.2) is 0 Å². The smallest absolute Gasteiger partial charge is 0.251 e. The Kier molecular flexibility index (Phi) is 5.63. The molecule has 2 aromatic carbocycles. The minimum atomic E-state index is -1.05. The summed E-state index contributed by atoms with van der Waals surface area (Å²) in [6.45, 7) is 2.00. The third-order valence-corrected chi connectivity index (χ3v) is 5.11. The van der Waals surface area contributed by atoms with Crippen molar-refractivity contribution in [3.05, 3.63) is 72.2 Å². The van der Waals surface area contributed by atoms with Crippen molar-refractivity contribution in [1.29, 1.82) is 0 Å². The summed E-state index contributed by atoms with van der Waals surface area (Å²) in [6.07, 6.45) is 4.11. The van der Waals surface area contributed by atoms with Crippen molar-refractivity contribution in [3.8, 4) is 11.3 Å². The number of imidazole rings is 1. The number of aromatic nitrogens is 2. The Labute approximate surface area is 155 Å². The number of aromatic amines is 1. The molecule has 1 aromatic heterocycles. The molecule has 0 radical (unpaired) electrons. The molecule has 2 N–H and O–H groups in total. The van der Waals surface area contributed by atoms with E-state index >= 15 is 0 Å². The van der Waals surface area contributed by atoms with Crippen molar-refractivity contribution in [2.45, 2.75) is 24.3 Å². The van der Waals surface area contributed by atoms with Crippen molar-refractivity contribution in [2.75, 3.05) is 6.26 Å². The number of rotatable bonds is 6. The van der Waals surface area contributed by atoms with Crippen LogP contribution in [0.5, 0.6) is 0 Å². The van der Waals surface area contributed by atoms with Crippen molar-refractivity contribution in [1.82, 2.24) is 15.3 Å². The summed E-state index contributed by atoms with van der Waals surface area (Å²) in [7, 11) is -1.05. The number of carbonyl (C=O) groups is 1. The van der Waals surface area contributed by atoms with Gasteiger partial charge in [-0.3, -0.25) is 9.00 Å². The first-order valence-corrected chi connectivity index (χ1v) is 9.99. The van der Waals surface area contributed by atoms with Crippen LogP contribution in [0.4, 0.5) is 0 Å². The molecule has 1 heterocycles. The first kappa shape index (κ1) is 18.1. The minimum Gasteiger partial charge on any atom is -0.342 e. The second-order valence-electron chi connectivity index (χ2n) is 5.96. The molecule has 0 bridgehead atoms. The molecule has 0 spiro atoms. The Hall–Kier alpha value is -2.73. The van der Waals surface area contributed by atoms with Gasteiger partial charge in [0, 0.05) is 27.5 Å². The molecule has 0 fully saturated rings. The van der Waals surface area contributed by atoms with Gasteiger partial charge >= 0.3 is 0 Å². The third kappa shape index (κ3) is 4.08. The number of H-pyrrole nitrogens is 1. The van der Waals surface area contributed by atoms with Crippen molar-refractivity contribution < 1.29 is 9.00 Å². The molecule has 0 unspecified atom stereocenters. The van der Waals surface area contributed by atoms with E-state index in [2.05, 4.69) is 15.3 Å². The maximum atomic E-state index is 12.5. The number of carbonyl (C=O) groups excluding carboxylic acids is 1. The van der Waals surface area contributed by atoms with Crippen LogP contribution in [0.3, 0.4) is 0 Å². The lowest BCUT2D eigenvalue weighted by Gasteiger charge is -2.15. The van der Waals surface area contributed by atoms with Crippen LogP contribution in [0.15, 0.2) is 65.7 Å². The number of hydrogen-bond acceptors (Lipinski definition) is 3. The number of hydrogen-bond donors (Lipinski definition) is 2. The van der Waals surface area contributed by atoms with E-state index in [1.807, 2.05) is 37.3 Å². The highest BCUT2D eigenvalue weighted by molar-refractivity contribution is 7.84. The lowest BCUT2D eigenvalue weighted by molar-refractivity contribution is 0.0934. The molecule has 134 valence electrons. The molecule has 2 atom stereocenters. The third-order valence-electron chi connectivity index (χ3n) is 4.17. The number of nitrogens with zero attached hydrogens (tertiary/aromatic N) is 1. The fraction of sp³-hybridized carbons (Fsp3) is 0.200. The van der Waals surface area contributed by atoms with Gasteiger partial charge in [0.2, 0.25) is 0 Å². The monoisotopic (exact) mass is 367 g/mol. The fourth-order valence-electron chi connectivity index (χ4n) is 2.68. The SMILES string of the molecule is CC[C@@H](NC(=O)c1ccc([S@@](C)=O)cc1)c1ncc(-c2ccccc2)[nH]1. The number of benzene rings is 2. The molecular formula is C20H21N3O2S. The lowest BCUT2D eigenvalue weighted by Crippen LogP contribution is -2.28. The van der Waals surface area contributed by atoms with Crippen molar-refractivity contribution >= 4 is 16.7 Å². The molecule has 0 aliphatic carbocycles. The zero-order valence-electron chi connectivity index (χ0n) is 14.7. The highest BCUT2D eigenvalue weighted by atomic mass is 32.2. The quantitative estimate of drug-likeness (QED) is 0.698. The molecule has 0 saturated carbocycles. The Morgan fingerprint density at radius 3 is 2.46 bits per heavy atom. The van der Waals surface area contributed by atoms with Gasteiger partial charge in [0.1, 0.15) is 5.82 Å². The van der Waals surface area contributed by atoms with Crippen molar-refractivity contribution in [2.24, 2.45) is 0 Å². The first-order valence-electron chi connectivity index (χ1n) is 8.43. The van der Waals surface area contributed by atoms with Crippen LogP contribution in [-0.2, 0) is 10.8 Å². The fourth-order valence-corrected chi connectivity index (χ4v) is 3.20. The summed E-state index contributed by atoms with van der Waals surface area (Å²) in [4.78, 5) is 21.0. The molecule has 0 aliphatic heterocycles. The average Bonchev–Trinajstić information content (AvgIpc) is 3.16. The number of nitrogens with one attached hydrogen (secondary N) is 2. The molecule has 5 nitrogen and oxygen atoms in total. The normalized spacial score (nSPS) is 13.2. The van der Waals surface area contributed by atoms with Gasteiger partial charge in [-0.25, -0.2) is 4.98 Å². The van der Waals surface area contributed by atoms with Crippen molar-refractivity contribution in [3.63, 3.8) is 0 Å². The van der Waals surface area contributed by atoms with E-state index in [0.29, 0.717) is 16.9 Å². The number of amides is 1. The van der Waals surface area contributed by atoms with Gasteiger partial charge in [-0.1, -0.05) is 37.3 Å². The Morgan fingerprint density at radius 2 is 1.85 bits per heavy atom. The Balaban J connectivity index is 1.74. The van der Waals surface area contributed by atoms with E-state index in [1.165, 1.54) is 0 Å². The van der Waals surface area contributed by atoms with Crippen LogP contribution < -0.4 is 5.32 Å². The zero-order valence-corrected chi connectivity index (χ0v) is 15.5. The Morgan fingerprint density at radius 1 is 1.15 bits per heavy atom. The lowest BCUT2D eigenvalue weighted by atomic mass is 10.1. The highest BCUT2D eigenvalue weighted by Gasteiger charge is 2.17. The molecule has 3 rings (SSSR count). The largest absolute Gasteiger partial charge is 0.342 e. The summed E-state index contributed by atoms with van der Waals surface area (Å²) >= 11 is 0. The molecule has 1 amide bonds. The average molecular weight is 367 g/mol. The second-order valence-corrected chi connectivity index (χ2v) is 7.34. The minimum absolute atomic E-state index is 0.178. The van der Waals surface area contributed by atoms with Gasteiger partial charge in [-0.05, 0) is 36.2 Å². The van der Waals surface area contributed by atoms with Crippen LogP contribution >= 0.6 is 0 Å². The van der Waals surface area contributed by atoms with Gasteiger partial charge in [0.25, 0.3) is 5.91 Å². The van der Waals surface area contributed by atoms with Gasteiger partial charge < -0.3 is 10.3 Å². The van der Waals surface area contributed by atoms with Crippen LogP contribution in [0.2, 0.25) is 0 Å². The van der Waals surface area contributed by atoms with E-state index < -0.39 is 10.8 Å². The topological polar surface area (TPSA) is 74.8 Å². The van der Waals surface area contributed by atoms with Crippen LogP contribution in [-0.4, -0.2) is 26.3 Å². The zero-order chi connectivity index (χ0) is 18.5. The molecule has 6 heteroatoms. The van der Waals surface area contributed by atoms with E-state index in [0.717, 1.165) is 17.1 Å². The van der Waals surface area contributed by atoms with Gasteiger partial charge in [0.05, 0.1) is 17.9 Å². The second kappa shape index (κ2) is 8.10. The standard InChI is InChI=1S/C20H21N3O2S/c1-3-17(19-21-13-18(22-19)14-7-5-4-6-8-14)23-20(24)15-9-11-16(12-10-15)26(2)25/h4-13,17H,3H2,1-2H3,(H,21,22)(H,23,24)/t17-,26-/m1/s1. The van der Waals surface area contributed by atoms with Gasteiger partial charge in [-0.15, -0.1) is 0 Å². The van der Waals surface area contributed by atoms with E-state index in [4.69, 9.17) is 0 Å². The first-order chi connectivity index (χ1) is 12.6. The molecule has 0 aliphatic rings. The van der Waals surface area contributed by atoms with Crippen LogP contribution in [0.1, 0.15) is 35.6 Å². The summed E-state index contributed by atoms with van der Waals surface area (Å²) in [5.74, 6) is 0.550. The maximum absolute atomic E-state index is 12.5. The van der Waals surface area contributed by atoms with Crippen LogP contribution in [0.25, 0.3) is 11.3 Å².